The summed E-state index contributed by atoms with van der Waals surface area (Å²) < 4.78 is 0. The highest BCUT2D eigenvalue weighted by Gasteiger charge is 2.16. The van der Waals surface area contributed by atoms with Crippen molar-refractivity contribution in [2.45, 2.75) is 264 Å². The van der Waals surface area contributed by atoms with Gasteiger partial charge in [-0.25, -0.2) is 0 Å². The first-order valence-corrected chi connectivity index (χ1v) is 21.7. The molecule has 0 heterocycles. The van der Waals surface area contributed by atoms with Gasteiger partial charge in [0.05, 0.1) is 5.92 Å². The van der Waals surface area contributed by atoms with E-state index in [1.807, 2.05) is 0 Å². The van der Waals surface area contributed by atoms with Crippen molar-refractivity contribution in [1.82, 2.24) is 0 Å². The lowest BCUT2D eigenvalue weighted by atomic mass is 9.94. The SMILES string of the molecule is CCCCCCCCCCCCCCCCCCCCCC(=O)C(C=O)CCCCCCCCCCCCCCCCCCCC. The molecule has 0 rings (SSSR count). The van der Waals surface area contributed by atoms with E-state index in [-0.39, 0.29) is 11.7 Å². The lowest BCUT2D eigenvalue weighted by Crippen LogP contribution is -2.15. The van der Waals surface area contributed by atoms with Gasteiger partial charge in [0.25, 0.3) is 0 Å². The van der Waals surface area contributed by atoms with Gasteiger partial charge in [-0.3, -0.25) is 4.79 Å². The molecular formula is C44H86O2. The Morgan fingerprint density at radius 3 is 0.804 bits per heavy atom. The molecule has 0 aliphatic rings. The van der Waals surface area contributed by atoms with Crippen molar-refractivity contribution < 1.29 is 9.59 Å². The zero-order valence-corrected chi connectivity index (χ0v) is 32.0. The Hall–Kier alpha value is -0.660. The third kappa shape index (κ3) is 36.2. The van der Waals surface area contributed by atoms with Gasteiger partial charge in [0, 0.05) is 6.42 Å². The average molecular weight is 647 g/mol. The summed E-state index contributed by atoms with van der Waals surface area (Å²) in [4.78, 5) is 24.1. The predicted molar refractivity (Wildman–Crippen MR) is 206 cm³/mol. The number of carbonyl (C=O) groups excluding carboxylic acids is 2. The lowest BCUT2D eigenvalue weighted by Gasteiger charge is -2.09. The number of unbranched alkanes of at least 4 members (excludes halogenated alkanes) is 35. The average Bonchev–Trinajstić information content (AvgIpc) is 3.06. The second kappa shape index (κ2) is 40.5. The normalized spacial score (nSPS) is 12.1. The summed E-state index contributed by atoms with van der Waals surface area (Å²) in [5, 5.41) is 0. The Balaban J connectivity index is 3.36. The molecule has 274 valence electrons. The topological polar surface area (TPSA) is 34.1 Å². The number of hydrogen-bond donors (Lipinski definition) is 0. The zero-order valence-electron chi connectivity index (χ0n) is 32.0. The van der Waals surface area contributed by atoms with Crippen LogP contribution in [0.4, 0.5) is 0 Å². The molecule has 0 aromatic heterocycles. The summed E-state index contributed by atoms with van der Waals surface area (Å²) in [5.74, 6) is -0.134. The van der Waals surface area contributed by atoms with Gasteiger partial charge in [0.1, 0.15) is 12.1 Å². The molecule has 1 atom stereocenters. The van der Waals surface area contributed by atoms with Gasteiger partial charge in [-0.2, -0.15) is 0 Å². The number of aldehydes is 1. The van der Waals surface area contributed by atoms with Gasteiger partial charge < -0.3 is 4.79 Å². The van der Waals surface area contributed by atoms with Gasteiger partial charge in [-0.1, -0.05) is 245 Å². The van der Waals surface area contributed by atoms with Crippen LogP contribution in [0.1, 0.15) is 264 Å². The van der Waals surface area contributed by atoms with Crippen molar-refractivity contribution in [1.29, 1.82) is 0 Å². The molecule has 1 unspecified atom stereocenters. The number of hydrogen-bond acceptors (Lipinski definition) is 2. The molecule has 0 amide bonds. The second-order valence-electron chi connectivity index (χ2n) is 15.1. The lowest BCUT2D eigenvalue weighted by molar-refractivity contribution is -0.127. The highest BCUT2D eigenvalue weighted by molar-refractivity contribution is 5.93. The second-order valence-corrected chi connectivity index (χ2v) is 15.1. The van der Waals surface area contributed by atoms with E-state index in [9.17, 15) is 9.59 Å². The van der Waals surface area contributed by atoms with Crippen LogP contribution in [0.5, 0.6) is 0 Å². The first kappa shape index (κ1) is 45.3. The zero-order chi connectivity index (χ0) is 33.4. The van der Waals surface area contributed by atoms with Crippen LogP contribution in [-0.2, 0) is 9.59 Å². The van der Waals surface area contributed by atoms with Gasteiger partial charge in [-0.05, 0) is 12.8 Å². The third-order valence-corrected chi connectivity index (χ3v) is 10.5. The van der Waals surface area contributed by atoms with Crippen molar-refractivity contribution >= 4 is 12.1 Å². The molecule has 0 spiro atoms. The molecule has 0 radical (unpaired) electrons. The Labute approximate surface area is 291 Å². The van der Waals surface area contributed by atoms with Crippen LogP contribution in [0.15, 0.2) is 0 Å². The first-order chi connectivity index (χ1) is 22.8. The molecule has 0 saturated carbocycles. The number of carbonyl (C=O) groups is 2. The van der Waals surface area contributed by atoms with E-state index in [0.717, 1.165) is 32.0 Å². The van der Waals surface area contributed by atoms with Gasteiger partial charge in [-0.15, -0.1) is 0 Å². The van der Waals surface area contributed by atoms with Crippen LogP contribution in [0.3, 0.4) is 0 Å². The molecule has 0 aliphatic heterocycles. The van der Waals surface area contributed by atoms with Crippen LogP contribution in [0.2, 0.25) is 0 Å². The van der Waals surface area contributed by atoms with E-state index in [0.29, 0.717) is 6.42 Å². The highest BCUT2D eigenvalue weighted by atomic mass is 16.1. The summed E-state index contributed by atoms with van der Waals surface area (Å²) in [6.07, 6.45) is 53.0. The Kier molecular flexibility index (Phi) is 39.9. The minimum absolute atomic E-state index is 0.203. The molecule has 2 nitrogen and oxygen atoms in total. The molecular weight excluding hydrogens is 560 g/mol. The Morgan fingerprint density at radius 2 is 0.565 bits per heavy atom. The molecule has 0 aliphatic carbocycles. The van der Waals surface area contributed by atoms with Crippen molar-refractivity contribution in [3.05, 3.63) is 0 Å². The maximum Gasteiger partial charge on any atom is 0.143 e. The van der Waals surface area contributed by atoms with Crippen LogP contribution in [0, 0.1) is 5.92 Å². The fourth-order valence-corrected chi connectivity index (χ4v) is 7.13. The molecule has 2 heteroatoms. The minimum Gasteiger partial charge on any atom is -0.303 e. The number of rotatable bonds is 41. The standard InChI is InChI=1S/C44H86O2/c1-3-5-7-9-11-13-15-17-19-21-23-25-27-29-31-33-35-37-39-41-44(46)43(42-45)40-38-36-34-32-30-28-26-24-22-20-18-16-14-12-10-8-6-4-2/h42-43H,3-41H2,1-2H3. The van der Waals surface area contributed by atoms with Crippen molar-refractivity contribution in [3.63, 3.8) is 0 Å². The van der Waals surface area contributed by atoms with Crippen molar-refractivity contribution in [3.8, 4) is 0 Å². The van der Waals surface area contributed by atoms with Crippen LogP contribution < -0.4 is 0 Å². The Bertz CT molecular complexity index is 584. The van der Waals surface area contributed by atoms with Gasteiger partial charge in [0.2, 0.25) is 0 Å². The van der Waals surface area contributed by atoms with E-state index in [4.69, 9.17) is 0 Å². The predicted octanol–water partition coefficient (Wildman–Crippen LogP) is 15.6. The third-order valence-electron chi connectivity index (χ3n) is 10.5. The molecule has 0 aromatic rings. The highest BCUT2D eigenvalue weighted by Crippen LogP contribution is 2.18. The number of Topliss-reactive ketones (excluding diaryl/α,β-unsaturated/α-hetero) is 1. The van der Waals surface area contributed by atoms with E-state index in [1.165, 1.54) is 218 Å². The maximum absolute atomic E-state index is 12.5. The molecule has 46 heavy (non-hydrogen) atoms. The largest absolute Gasteiger partial charge is 0.303 e. The smallest absolute Gasteiger partial charge is 0.143 e. The van der Waals surface area contributed by atoms with E-state index < -0.39 is 0 Å². The summed E-state index contributed by atoms with van der Waals surface area (Å²) in [7, 11) is 0. The summed E-state index contributed by atoms with van der Waals surface area (Å²) >= 11 is 0. The molecule has 0 saturated heterocycles. The summed E-state index contributed by atoms with van der Waals surface area (Å²) in [6.45, 7) is 4.59. The van der Waals surface area contributed by atoms with Crippen LogP contribution >= 0.6 is 0 Å². The number of ketones is 1. The fourth-order valence-electron chi connectivity index (χ4n) is 7.13. The quantitative estimate of drug-likeness (QED) is 0.0376. The van der Waals surface area contributed by atoms with Crippen LogP contribution in [0.25, 0.3) is 0 Å². The van der Waals surface area contributed by atoms with Crippen molar-refractivity contribution in [2.24, 2.45) is 5.92 Å². The minimum atomic E-state index is -0.336. The molecule has 0 bridgehead atoms. The maximum atomic E-state index is 12.5. The fraction of sp³-hybridized carbons (Fsp3) is 0.955. The molecule has 0 aromatic carbocycles. The van der Waals surface area contributed by atoms with E-state index >= 15 is 0 Å². The Morgan fingerprint density at radius 1 is 0.348 bits per heavy atom. The first-order valence-electron chi connectivity index (χ1n) is 21.7. The monoisotopic (exact) mass is 647 g/mol. The van der Waals surface area contributed by atoms with Crippen molar-refractivity contribution in [2.75, 3.05) is 0 Å². The summed E-state index contributed by atoms with van der Waals surface area (Å²) in [5.41, 5.74) is 0. The van der Waals surface area contributed by atoms with Gasteiger partial charge >= 0.3 is 0 Å². The summed E-state index contributed by atoms with van der Waals surface area (Å²) in [6, 6.07) is 0. The molecule has 0 N–H and O–H groups in total. The van der Waals surface area contributed by atoms with Crippen LogP contribution in [-0.4, -0.2) is 12.1 Å². The van der Waals surface area contributed by atoms with E-state index in [2.05, 4.69) is 13.8 Å². The van der Waals surface area contributed by atoms with Gasteiger partial charge in [0.15, 0.2) is 0 Å². The van der Waals surface area contributed by atoms with E-state index in [1.54, 1.807) is 0 Å². The molecule has 0 fully saturated rings.